The minimum atomic E-state index is -4.02. The van der Waals surface area contributed by atoms with E-state index in [0.29, 0.717) is 0 Å². The van der Waals surface area contributed by atoms with E-state index in [1.807, 2.05) is 13.7 Å². The van der Waals surface area contributed by atoms with E-state index in [2.05, 4.69) is 0 Å². The maximum atomic E-state index is 10.5. The molecule has 0 radical (unpaired) electrons. The zero-order chi connectivity index (χ0) is 10.5. The van der Waals surface area contributed by atoms with Crippen LogP contribution in [0.5, 0.6) is 0 Å². The van der Waals surface area contributed by atoms with Crippen molar-refractivity contribution in [3.05, 3.63) is 29.8 Å². The van der Waals surface area contributed by atoms with Crippen molar-refractivity contribution in [1.82, 2.24) is 0 Å². The highest BCUT2D eigenvalue weighted by Gasteiger charge is 2.06. The van der Waals surface area contributed by atoms with Gasteiger partial charge in [0.15, 0.2) is 0 Å². The summed E-state index contributed by atoms with van der Waals surface area (Å²) >= 11 is 0. The van der Waals surface area contributed by atoms with Crippen LogP contribution in [-0.4, -0.2) is 19.8 Å². The molecule has 1 aromatic carbocycles. The second-order valence-electron chi connectivity index (χ2n) is 2.29. The van der Waals surface area contributed by atoms with E-state index in [0.717, 1.165) is 5.56 Å². The molecule has 1 aromatic rings. The number of hydrogen-bond acceptors (Lipinski definition) is 3. The molecule has 0 saturated heterocycles. The second-order valence-corrected chi connectivity index (χ2v) is 3.71. The van der Waals surface area contributed by atoms with Crippen LogP contribution >= 0.6 is 0 Å². The van der Waals surface area contributed by atoms with E-state index in [-0.39, 0.29) is 4.90 Å². The van der Waals surface area contributed by atoms with Crippen LogP contribution in [0, 0.1) is 6.92 Å². The fraction of sp³-hybridized carbons (Fsp3) is 0.125. The fourth-order valence-electron chi connectivity index (χ4n) is 0.710. The molecule has 4 nitrogen and oxygen atoms in total. The molecule has 5 heteroatoms. The van der Waals surface area contributed by atoms with Crippen LogP contribution in [0.2, 0.25) is 0 Å². The predicted molar refractivity (Wildman–Crippen MR) is 48.1 cm³/mol. The third kappa shape index (κ3) is 3.82. The number of carbonyl (C=O) groups is 1. The predicted octanol–water partition coefficient (Wildman–Crippen LogP) is 1.06. The minimum absolute atomic E-state index is 0.0666. The Morgan fingerprint density at radius 1 is 1.15 bits per heavy atom. The first-order valence-corrected chi connectivity index (χ1v) is 4.77. The summed E-state index contributed by atoms with van der Waals surface area (Å²) in [6.45, 7) is 3.84. The van der Waals surface area contributed by atoms with Gasteiger partial charge >= 0.3 is 0 Å². The third-order valence-electron chi connectivity index (χ3n) is 1.32. The van der Waals surface area contributed by atoms with E-state index in [1.165, 1.54) is 12.1 Å². The zero-order valence-electron chi connectivity index (χ0n) is 7.10. The van der Waals surface area contributed by atoms with Gasteiger partial charge in [0.05, 0.1) is 4.90 Å². The van der Waals surface area contributed by atoms with Crippen molar-refractivity contribution in [2.24, 2.45) is 0 Å². The number of benzene rings is 1. The molecule has 0 aliphatic rings. The maximum Gasteiger partial charge on any atom is 0.294 e. The lowest BCUT2D eigenvalue weighted by molar-refractivity contribution is -0.0979. The van der Waals surface area contributed by atoms with Gasteiger partial charge in [0.1, 0.15) is 6.79 Å². The Hall–Kier alpha value is -1.20. The fourth-order valence-corrected chi connectivity index (χ4v) is 1.19. The molecule has 0 fully saturated rings. The number of hydrogen-bond donors (Lipinski definition) is 1. The van der Waals surface area contributed by atoms with Crippen LogP contribution in [0.4, 0.5) is 0 Å². The Bertz CT molecular complexity index is 352. The third-order valence-corrected chi connectivity index (χ3v) is 2.19. The highest BCUT2D eigenvalue weighted by Crippen LogP contribution is 2.08. The normalized spacial score (nSPS) is 10.0. The quantitative estimate of drug-likeness (QED) is 0.691. The van der Waals surface area contributed by atoms with E-state index < -0.39 is 10.1 Å². The smallest absolute Gasteiger partial charge is 0.294 e. The molecule has 0 saturated carbocycles. The number of aryl methyl sites for hydroxylation is 1. The Morgan fingerprint density at radius 3 is 1.85 bits per heavy atom. The van der Waals surface area contributed by atoms with Crippen LogP contribution < -0.4 is 0 Å². The van der Waals surface area contributed by atoms with Crippen molar-refractivity contribution in [2.75, 3.05) is 0 Å². The van der Waals surface area contributed by atoms with Gasteiger partial charge in [-0.2, -0.15) is 8.42 Å². The van der Waals surface area contributed by atoms with Gasteiger partial charge in [0.2, 0.25) is 0 Å². The summed E-state index contributed by atoms with van der Waals surface area (Å²) < 4.78 is 29.6. The Kier molecular flexibility index (Phi) is 4.30. The Labute approximate surface area is 77.0 Å². The molecule has 0 spiro atoms. The van der Waals surface area contributed by atoms with Gasteiger partial charge in [-0.1, -0.05) is 17.7 Å². The average molecular weight is 202 g/mol. The van der Waals surface area contributed by atoms with Crippen LogP contribution in [0.15, 0.2) is 29.2 Å². The summed E-state index contributed by atoms with van der Waals surface area (Å²) in [5.41, 5.74) is 0.956. The first-order chi connectivity index (χ1) is 6.00. The summed E-state index contributed by atoms with van der Waals surface area (Å²) in [4.78, 5) is 7.93. The van der Waals surface area contributed by atoms with Crippen molar-refractivity contribution in [3.8, 4) is 0 Å². The molecule has 0 atom stereocenters. The topological polar surface area (TPSA) is 71.4 Å². The summed E-state index contributed by atoms with van der Waals surface area (Å²) in [6, 6.07) is 5.99. The van der Waals surface area contributed by atoms with Crippen molar-refractivity contribution in [1.29, 1.82) is 0 Å². The summed E-state index contributed by atoms with van der Waals surface area (Å²) in [6.07, 6.45) is 0. The lowest BCUT2D eigenvalue weighted by Crippen LogP contribution is -1.96. The number of rotatable bonds is 1. The molecule has 1 rings (SSSR count). The first-order valence-electron chi connectivity index (χ1n) is 3.33. The summed E-state index contributed by atoms with van der Waals surface area (Å²) in [7, 11) is -4.02. The van der Waals surface area contributed by atoms with Crippen molar-refractivity contribution in [2.45, 2.75) is 11.8 Å². The second kappa shape index (κ2) is 4.74. The van der Waals surface area contributed by atoms with Crippen LogP contribution in [-0.2, 0) is 14.9 Å². The standard InChI is InChI=1S/C7H8O3S.CH2O/c1-6-2-4-7(5-3-6)11(8,9)10;1-2/h2-5H,1H3,(H,8,9,10);1H2. The molecule has 0 unspecified atom stereocenters. The Morgan fingerprint density at radius 2 is 1.54 bits per heavy atom. The van der Waals surface area contributed by atoms with Crippen LogP contribution in [0.1, 0.15) is 5.56 Å². The lowest BCUT2D eigenvalue weighted by Gasteiger charge is -1.95. The molecule has 0 bridgehead atoms. The molecule has 0 amide bonds. The Balaban J connectivity index is 0.000000671. The first kappa shape index (κ1) is 11.8. The monoisotopic (exact) mass is 202 g/mol. The molecule has 0 aliphatic heterocycles. The van der Waals surface area contributed by atoms with E-state index in [4.69, 9.17) is 9.35 Å². The van der Waals surface area contributed by atoms with Gasteiger partial charge in [-0.25, -0.2) is 0 Å². The zero-order valence-corrected chi connectivity index (χ0v) is 7.91. The molecule has 13 heavy (non-hydrogen) atoms. The average Bonchev–Trinajstić information content (AvgIpc) is 2.07. The van der Waals surface area contributed by atoms with Gasteiger partial charge < -0.3 is 4.79 Å². The lowest BCUT2D eigenvalue weighted by atomic mass is 10.2. The van der Waals surface area contributed by atoms with Gasteiger partial charge in [-0.15, -0.1) is 0 Å². The van der Waals surface area contributed by atoms with E-state index in [1.54, 1.807) is 12.1 Å². The molecular formula is C8H10O4S. The number of carbonyl (C=O) groups excluding carboxylic acids is 1. The molecular weight excluding hydrogens is 192 g/mol. The van der Waals surface area contributed by atoms with Gasteiger partial charge in [-0.3, -0.25) is 4.55 Å². The summed E-state index contributed by atoms with van der Waals surface area (Å²) in [5, 5.41) is 0. The molecule has 72 valence electrons. The molecule has 1 N–H and O–H groups in total. The van der Waals surface area contributed by atoms with E-state index >= 15 is 0 Å². The van der Waals surface area contributed by atoms with Gasteiger partial charge in [0.25, 0.3) is 10.1 Å². The van der Waals surface area contributed by atoms with Crippen molar-refractivity contribution >= 4 is 16.9 Å². The molecule has 0 aliphatic carbocycles. The SMILES string of the molecule is C=O.Cc1ccc(S(=O)(=O)O)cc1. The van der Waals surface area contributed by atoms with Gasteiger partial charge in [-0.05, 0) is 19.1 Å². The van der Waals surface area contributed by atoms with Gasteiger partial charge in [0, 0.05) is 0 Å². The minimum Gasteiger partial charge on any atom is -0.307 e. The van der Waals surface area contributed by atoms with Crippen molar-refractivity contribution in [3.63, 3.8) is 0 Å². The highest BCUT2D eigenvalue weighted by atomic mass is 32.2. The van der Waals surface area contributed by atoms with Crippen LogP contribution in [0.25, 0.3) is 0 Å². The van der Waals surface area contributed by atoms with E-state index in [9.17, 15) is 8.42 Å². The van der Waals surface area contributed by atoms with Crippen molar-refractivity contribution < 1.29 is 17.8 Å². The summed E-state index contributed by atoms with van der Waals surface area (Å²) in [5.74, 6) is 0. The van der Waals surface area contributed by atoms with Crippen LogP contribution in [0.3, 0.4) is 0 Å². The molecule has 0 aromatic heterocycles. The highest BCUT2D eigenvalue weighted by molar-refractivity contribution is 7.85. The largest absolute Gasteiger partial charge is 0.307 e. The molecule has 0 heterocycles. The maximum absolute atomic E-state index is 10.5.